The molecule has 5 nitrogen and oxygen atoms in total. The molecule has 0 saturated heterocycles. The Morgan fingerprint density at radius 2 is 2.31 bits per heavy atom. The summed E-state index contributed by atoms with van der Waals surface area (Å²) in [6, 6.07) is 2.72. The fraction of sp³-hybridized carbons (Fsp3) is 0.400. The first kappa shape index (κ1) is 11.0. The number of ether oxygens (including phenoxy) is 2. The number of benzene rings is 1. The van der Waals surface area contributed by atoms with E-state index in [1.807, 2.05) is 6.92 Å². The standard InChI is InChI=1S/C10H10ClNO4/c1-2-6-5-15-9-4-8(12(13)14)7(11)3-10(9)16-6/h3-4,6H,2,5H2,1H3/t6-/m0/s1. The van der Waals surface area contributed by atoms with E-state index < -0.39 is 4.92 Å². The number of nitro groups is 1. The highest BCUT2D eigenvalue weighted by Gasteiger charge is 2.24. The van der Waals surface area contributed by atoms with E-state index in [2.05, 4.69) is 0 Å². The highest BCUT2D eigenvalue weighted by atomic mass is 35.5. The lowest BCUT2D eigenvalue weighted by molar-refractivity contribution is -0.384. The van der Waals surface area contributed by atoms with Crippen molar-refractivity contribution in [3.05, 3.63) is 27.3 Å². The minimum atomic E-state index is -0.544. The number of halogens is 1. The van der Waals surface area contributed by atoms with Crippen LogP contribution in [0.4, 0.5) is 5.69 Å². The van der Waals surface area contributed by atoms with Crippen molar-refractivity contribution in [2.24, 2.45) is 0 Å². The van der Waals surface area contributed by atoms with Gasteiger partial charge in [0.25, 0.3) is 5.69 Å². The van der Waals surface area contributed by atoms with Gasteiger partial charge in [0.05, 0.1) is 11.0 Å². The molecule has 1 aliphatic rings. The molecule has 6 heteroatoms. The Bertz CT molecular complexity index is 435. The van der Waals surface area contributed by atoms with Gasteiger partial charge in [0.1, 0.15) is 17.7 Å². The molecule has 0 unspecified atom stereocenters. The maximum Gasteiger partial charge on any atom is 0.291 e. The molecule has 16 heavy (non-hydrogen) atoms. The molecule has 0 fully saturated rings. The van der Waals surface area contributed by atoms with Crippen LogP contribution in [0.2, 0.25) is 5.02 Å². The van der Waals surface area contributed by atoms with E-state index in [9.17, 15) is 10.1 Å². The maximum atomic E-state index is 10.7. The zero-order valence-electron chi connectivity index (χ0n) is 8.60. The number of nitro benzene ring substituents is 1. The quantitative estimate of drug-likeness (QED) is 0.592. The third kappa shape index (κ3) is 1.90. The molecule has 0 bridgehead atoms. The molecule has 1 atom stereocenters. The van der Waals surface area contributed by atoms with Crippen LogP contribution in [-0.2, 0) is 0 Å². The molecule has 0 spiro atoms. The van der Waals surface area contributed by atoms with Gasteiger partial charge in [-0.25, -0.2) is 0 Å². The van der Waals surface area contributed by atoms with Gasteiger partial charge in [-0.3, -0.25) is 10.1 Å². The smallest absolute Gasteiger partial charge is 0.291 e. The van der Waals surface area contributed by atoms with Crippen molar-refractivity contribution < 1.29 is 14.4 Å². The number of hydrogen-bond donors (Lipinski definition) is 0. The molecule has 0 aromatic heterocycles. The van der Waals surface area contributed by atoms with Crippen molar-refractivity contribution >= 4 is 17.3 Å². The Morgan fingerprint density at radius 3 is 2.94 bits per heavy atom. The Balaban J connectivity index is 2.38. The van der Waals surface area contributed by atoms with Crippen molar-refractivity contribution in [3.8, 4) is 11.5 Å². The largest absolute Gasteiger partial charge is 0.486 e. The molecule has 1 heterocycles. The van der Waals surface area contributed by atoms with Crippen molar-refractivity contribution in [3.63, 3.8) is 0 Å². The molecular weight excluding hydrogens is 234 g/mol. The second kappa shape index (κ2) is 4.17. The van der Waals surface area contributed by atoms with E-state index in [1.165, 1.54) is 12.1 Å². The second-order valence-electron chi connectivity index (χ2n) is 3.47. The minimum absolute atomic E-state index is 0.0231. The van der Waals surface area contributed by atoms with Crippen LogP contribution < -0.4 is 9.47 Å². The summed E-state index contributed by atoms with van der Waals surface area (Å²) in [6.07, 6.45) is 0.790. The predicted molar refractivity (Wildman–Crippen MR) is 58.3 cm³/mol. The second-order valence-corrected chi connectivity index (χ2v) is 3.87. The molecule has 2 rings (SSSR count). The van der Waals surface area contributed by atoms with Crippen LogP contribution in [0.5, 0.6) is 11.5 Å². The lowest BCUT2D eigenvalue weighted by atomic mass is 10.2. The van der Waals surface area contributed by atoms with Crippen molar-refractivity contribution in [1.29, 1.82) is 0 Å². The van der Waals surface area contributed by atoms with E-state index in [-0.39, 0.29) is 16.8 Å². The van der Waals surface area contributed by atoms with Crippen LogP contribution in [0.3, 0.4) is 0 Å². The summed E-state index contributed by atoms with van der Waals surface area (Å²) >= 11 is 5.77. The Labute approximate surface area is 97.1 Å². The summed E-state index contributed by atoms with van der Waals surface area (Å²) in [5.41, 5.74) is -0.168. The number of rotatable bonds is 2. The van der Waals surface area contributed by atoms with Crippen molar-refractivity contribution in [2.45, 2.75) is 19.4 Å². The Hall–Kier alpha value is -1.49. The summed E-state index contributed by atoms with van der Waals surface area (Å²) < 4.78 is 10.9. The van der Waals surface area contributed by atoms with Gasteiger partial charge in [-0.2, -0.15) is 0 Å². The van der Waals surface area contributed by atoms with Crippen LogP contribution >= 0.6 is 11.6 Å². The van der Waals surface area contributed by atoms with Crippen LogP contribution in [-0.4, -0.2) is 17.6 Å². The number of nitrogens with zero attached hydrogens (tertiary/aromatic N) is 1. The summed E-state index contributed by atoms with van der Waals surface area (Å²) in [6.45, 7) is 2.38. The number of fused-ring (bicyclic) bond motifs is 1. The summed E-state index contributed by atoms with van der Waals surface area (Å²) in [4.78, 5) is 10.1. The summed E-state index contributed by atoms with van der Waals surface area (Å²) in [5.74, 6) is 0.842. The fourth-order valence-electron chi connectivity index (χ4n) is 1.47. The van der Waals surface area contributed by atoms with Gasteiger partial charge in [-0.15, -0.1) is 0 Å². The van der Waals surface area contributed by atoms with E-state index in [1.54, 1.807) is 0 Å². The van der Waals surface area contributed by atoms with Crippen molar-refractivity contribution in [1.82, 2.24) is 0 Å². The third-order valence-electron chi connectivity index (χ3n) is 2.38. The molecule has 0 aliphatic carbocycles. The minimum Gasteiger partial charge on any atom is -0.486 e. The highest BCUT2D eigenvalue weighted by Crippen LogP contribution is 2.40. The van der Waals surface area contributed by atoms with Gasteiger partial charge in [-0.05, 0) is 6.42 Å². The molecule has 1 aromatic rings. The molecule has 1 aliphatic heterocycles. The van der Waals surface area contributed by atoms with Gasteiger partial charge in [0.2, 0.25) is 0 Å². The first-order valence-corrected chi connectivity index (χ1v) is 5.27. The zero-order chi connectivity index (χ0) is 11.7. The molecule has 0 amide bonds. The Kier molecular flexibility index (Phi) is 2.87. The normalized spacial score (nSPS) is 18.2. The average Bonchev–Trinajstić information content (AvgIpc) is 2.27. The first-order valence-electron chi connectivity index (χ1n) is 4.89. The van der Waals surface area contributed by atoms with E-state index in [0.717, 1.165) is 6.42 Å². The molecule has 0 N–H and O–H groups in total. The number of hydrogen-bond acceptors (Lipinski definition) is 4. The topological polar surface area (TPSA) is 61.6 Å². The highest BCUT2D eigenvalue weighted by molar-refractivity contribution is 6.32. The van der Waals surface area contributed by atoms with Gasteiger partial charge >= 0.3 is 0 Å². The lowest BCUT2D eigenvalue weighted by Gasteiger charge is -2.25. The average molecular weight is 244 g/mol. The zero-order valence-corrected chi connectivity index (χ0v) is 9.36. The van der Waals surface area contributed by atoms with Gasteiger partial charge in [-0.1, -0.05) is 18.5 Å². The summed E-state index contributed by atoms with van der Waals surface area (Å²) in [7, 11) is 0. The van der Waals surface area contributed by atoms with Gasteiger partial charge in [0, 0.05) is 6.07 Å². The molecular formula is C10H10ClNO4. The molecule has 86 valence electrons. The van der Waals surface area contributed by atoms with Crippen molar-refractivity contribution in [2.75, 3.05) is 6.61 Å². The first-order chi connectivity index (χ1) is 7.61. The van der Waals surface area contributed by atoms with Gasteiger partial charge < -0.3 is 9.47 Å². The SMILES string of the molecule is CC[C@H]1COc2cc([N+](=O)[O-])c(Cl)cc2O1. The molecule has 0 radical (unpaired) electrons. The third-order valence-corrected chi connectivity index (χ3v) is 2.69. The predicted octanol–water partition coefficient (Wildman–Crippen LogP) is 2.80. The van der Waals surface area contributed by atoms with E-state index >= 15 is 0 Å². The Morgan fingerprint density at radius 1 is 1.56 bits per heavy atom. The fourth-order valence-corrected chi connectivity index (χ4v) is 1.69. The van der Waals surface area contributed by atoms with Gasteiger partial charge in [0.15, 0.2) is 11.5 Å². The van der Waals surface area contributed by atoms with Crippen LogP contribution in [0, 0.1) is 10.1 Å². The monoisotopic (exact) mass is 243 g/mol. The summed E-state index contributed by atoms with van der Waals surface area (Å²) in [5, 5.41) is 10.7. The van der Waals surface area contributed by atoms with E-state index in [4.69, 9.17) is 21.1 Å². The van der Waals surface area contributed by atoms with Crippen LogP contribution in [0.1, 0.15) is 13.3 Å². The molecule has 1 aromatic carbocycles. The van der Waals surface area contributed by atoms with E-state index in [0.29, 0.717) is 18.1 Å². The van der Waals surface area contributed by atoms with Crippen LogP contribution in [0.25, 0.3) is 0 Å². The molecule has 0 saturated carbocycles. The maximum absolute atomic E-state index is 10.7. The lowest BCUT2D eigenvalue weighted by Crippen LogP contribution is -2.28. The van der Waals surface area contributed by atoms with Crippen LogP contribution in [0.15, 0.2) is 12.1 Å².